The Morgan fingerprint density at radius 3 is 2.67 bits per heavy atom. The van der Waals surface area contributed by atoms with E-state index in [1.54, 1.807) is 18.2 Å². The largest absolute Gasteiger partial charge is 0.330 e. The molecule has 5 heteroatoms. The molecule has 1 amide bonds. The Kier molecular flexibility index (Phi) is 5.38. The summed E-state index contributed by atoms with van der Waals surface area (Å²) >= 11 is 3.38. The van der Waals surface area contributed by atoms with Crippen LogP contribution < -0.4 is 11.1 Å². The summed E-state index contributed by atoms with van der Waals surface area (Å²) in [6, 6.07) is 7.21. The molecule has 0 bridgehead atoms. The van der Waals surface area contributed by atoms with Crippen LogP contribution in [0.5, 0.6) is 0 Å². The molecule has 1 saturated carbocycles. The third-order valence-electron chi connectivity index (χ3n) is 4.26. The second-order valence-corrected chi connectivity index (χ2v) is 6.65. The van der Waals surface area contributed by atoms with E-state index in [1.807, 2.05) is 0 Å². The molecule has 1 aromatic rings. The first-order chi connectivity index (χ1) is 10.1. The summed E-state index contributed by atoms with van der Waals surface area (Å²) < 4.78 is 0.723. The number of nitrogens with one attached hydrogen (secondary N) is 1. The van der Waals surface area contributed by atoms with Gasteiger partial charge in [-0.2, -0.15) is 5.26 Å². The van der Waals surface area contributed by atoms with E-state index in [0.717, 1.165) is 30.2 Å². The number of rotatable bonds is 4. The van der Waals surface area contributed by atoms with Gasteiger partial charge in [0.25, 0.3) is 0 Å². The van der Waals surface area contributed by atoms with E-state index in [-0.39, 0.29) is 11.3 Å². The lowest BCUT2D eigenvalue weighted by molar-refractivity contribution is -0.118. The molecule has 0 aromatic heterocycles. The Hall–Kier alpha value is -1.38. The smallest absolute Gasteiger partial charge is 0.225 e. The van der Waals surface area contributed by atoms with Crippen molar-refractivity contribution in [2.45, 2.75) is 38.5 Å². The van der Waals surface area contributed by atoms with E-state index in [1.165, 1.54) is 6.42 Å². The molecule has 0 heterocycles. The zero-order chi connectivity index (χ0) is 15.3. The second-order valence-electron chi connectivity index (χ2n) is 5.80. The van der Waals surface area contributed by atoms with Gasteiger partial charge in [-0.3, -0.25) is 4.79 Å². The average Bonchev–Trinajstić information content (AvgIpc) is 2.50. The molecule has 0 atom stereocenters. The Bertz CT molecular complexity index is 559. The van der Waals surface area contributed by atoms with Gasteiger partial charge in [-0.1, -0.05) is 19.3 Å². The van der Waals surface area contributed by atoms with Gasteiger partial charge < -0.3 is 11.1 Å². The number of hydrogen-bond acceptors (Lipinski definition) is 3. The Balaban J connectivity index is 2.03. The summed E-state index contributed by atoms with van der Waals surface area (Å²) in [5, 5.41) is 11.8. The Morgan fingerprint density at radius 2 is 2.10 bits per heavy atom. The fourth-order valence-electron chi connectivity index (χ4n) is 2.98. The lowest BCUT2D eigenvalue weighted by Gasteiger charge is -2.35. The van der Waals surface area contributed by atoms with E-state index in [0.29, 0.717) is 24.2 Å². The van der Waals surface area contributed by atoms with Gasteiger partial charge in [0.15, 0.2) is 0 Å². The number of benzene rings is 1. The minimum atomic E-state index is -0.0403. The normalized spacial score (nSPS) is 17.0. The van der Waals surface area contributed by atoms with Crippen molar-refractivity contribution in [1.82, 2.24) is 0 Å². The molecule has 0 saturated heterocycles. The maximum Gasteiger partial charge on any atom is 0.225 e. The highest BCUT2D eigenvalue weighted by molar-refractivity contribution is 9.10. The quantitative estimate of drug-likeness (QED) is 0.871. The predicted molar refractivity (Wildman–Crippen MR) is 86.7 cm³/mol. The van der Waals surface area contributed by atoms with Crippen LogP contribution in [0.4, 0.5) is 5.69 Å². The van der Waals surface area contributed by atoms with Gasteiger partial charge in [0.1, 0.15) is 0 Å². The summed E-state index contributed by atoms with van der Waals surface area (Å²) in [6.45, 7) is 0.564. The number of amides is 1. The molecule has 4 nitrogen and oxygen atoms in total. The number of hydrogen-bond donors (Lipinski definition) is 2. The number of nitrogens with zero attached hydrogens (tertiary/aromatic N) is 1. The predicted octanol–water partition coefficient (Wildman–Crippen LogP) is 3.56. The third kappa shape index (κ3) is 4.05. The van der Waals surface area contributed by atoms with Gasteiger partial charge in [-0.05, 0) is 58.9 Å². The second kappa shape index (κ2) is 7.06. The summed E-state index contributed by atoms with van der Waals surface area (Å²) in [4.78, 5) is 12.3. The SMILES string of the molecule is N#Cc1ccc(NC(=O)CC2(CN)CCCCC2)c(Br)c1. The molecule has 0 spiro atoms. The molecule has 3 N–H and O–H groups in total. The first-order valence-corrected chi connectivity index (χ1v) is 8.07. The third-order valence-corrected chi connectivity index (χ3v) is 4.91. The van der Waals surface area contributed by atoms with Crippen molar-refractivity contribution in [3.05, 3.63) is 28.2 Å². The van der Waals surface area contributed by atoms with Crippen LogP contribution in [0.25, 0.3) is 0 Å². The molecule has 0 radical (unpaired) electrons. The maximum absolute atomic E-state index is 12.3. The van der Waals surface area contributed by atoms with E-state index in [9.17, 15) is 4.79 Å². The summed E-state index contributed by atoms with van der Waals surface area (Å²) in [5.41, 5.74) is 7.14. The Morgan fingerprint density at radius 1 is 1.38 bits per heavy atom. The van der Waals surface area contributed by atoms with Crippen LogP contribution in [-0.2, 0) is 4.79 Å². The van der Waals surface area contributed by atoms with Crippen molar-refractivity contribution in [1.29, 1.82) is 5.26 Å². The number of anilines is 1. The molecular formula is C16H20BrN3O. The molecule has 1 aliphatic rings. The van der Waals surface area contributed by atoms with Gasteiger partial charge >= 0.3 is 0 Å². The van der Waals surface area contributed by atoms with Crippen LogP contribution in [-0.4, -0.2) is 12.5 Å². The first kappa shape index (κ1) is 16.0. The first-order valence-electron chi connectivity index (χ1n) is 7.28. The van der Waals surface area contributed by atoms with E-state index in [2.05, 4.69) is 27.3 Å². The van der Waals surface area contributed by atoms with Crippen molar-refractivity contribution in [2.75, 3.05) is 11.9 Å². The molecule has 21 heavy (non-hydrogen) atoms. The fraction of sp³-hybridized carbons (Fsp3) is 0.500. The number of carbonyl (C=O) groups is 1. The minimum Gasteiger partial charge on any atom is -0.330 e. The van der Waals surface area contributed by atoms with Crippen molar-refractivity contribution in [2.24, 2.45) is 11.1 Å². The van der Waals surface area contributed by atoms with Crippen LogP contribution in [0.1, 0.15) is 44.1 Å². The van der Waals surface area contributed by atoms with Crippen molar-refractivity contribution < 1.29 is 4.79 Å². The summed E-state index contributed by atoms with van der Waals surface area (Å²) in [6.07, 6.45) is 6.09. The fourth-order valence-corrected chi connectivity index (χ4v) is 3.45. The van der Waals surface area contributed by atoms with Crippen molar-refractivity contribution >= 4 is 27.5 Å². The van der Waals surface area contributed by atoms with Crippen LogP contribution in [0.15, 0.2) is 22.7 Å². The zero-order valence-corrected chi connectivity index (χ0v) is 13.6. The molecule has 0 aliphatic heterocycles. The van der Waals surface area contributed by atoms with Crippen LogP contribution in [0.3, 0.4) is 0 Å². The van der Waals surface area contributed by atoms with Crippen LogP contribution in [0.2, 0.25) is 0 Å². The molecular weight excluding hydrogens is 330 g/mol. The van der Waals surface area contributed by atoms with E-state index < -0.39 is 0 Å². The number of halogens is 1. The lowest BCUT2D eigenvalue weighted by atomic mass is 9.71. The molecule has 0 unspecified atom stereocenters. The van der Waals surface area contributed by atoms with Crippen molar-refractivity contribution in [3.63, 3.8) is 0 Å². The topological polar surface area (TPSA) is 78.9 Å². The Labute approximate surface area is 133 Å². The van der Waals surface area contributed by atoms with Crippen molar-refractivity contribution in [3.8, 4) is 6.07 Å². The number of nitrogens with two attached hydrogens (primary N) is 1. The molecule has 2 rings (SSSR count). The van der Waals surface area contributed by atoms with E-state index >= 15 is 0 Å². The average molecular weight is 350 g/mol. The van der Waals surface area contributed by atoms with Gasteiger partial charge in [0, 0.05) is 10.9 Å². The summed E-state index contributed by atoms with van der Waals surface area (Å²) in [7, 11) is 0. The zero-order valence-electron chi connectivity index (χ0n) is 12.0. The van der Waals surface area contributed by atoms with Gasteiger partial charge in [0.2, 0.25) is 5.91 Å². The molecule has 1 fully saturated rings. The molecule has 1 aliphatic carbocycles. The minimum absolute atomic E-state index is 0.00671. The molecule has 1 aromatic carbocycles. The highest BCUT2D eigenvalue weighted by Gasteiger charge is 2.33. The van der Waals surface area contributed by atoms with Gasteiger partial charge in [0.05, 0.1) is 17.3 Å². The van der Waals surface area contributed by atoms with E-state index in [4.69, 9.17) is 11.0 Å². The standard InChI is InChI=1S/C16H20BrN3O/c17-13-8-12(10-18)4-5-14(13)20-15(21)9-16(11-19)6-2-1-3-7-16/h4-5,8H,1-3,6-7,9,11,19H2,(H,20,21). The number of carbonyl (C=O) groups excluding carboxylic acids is 1. The van der Waals surface area contributed by atoms with Crippen LogP contribution in [0, 0.1) is 16.7 Å². The van der Waals surface area contributed by atoms with Gasteiger partial charge in [-0.25, -0.2) is 0 Å². The highest BCUT2D eigenvalue weighted by atomic mass is 79.9. The number of nitriles is 1. The summed E-state index contributed by atoms with van der Waals surface area (Å²) in [5.74, 6) is -0.00671. The maximum atomic E-state index is 12.3. The van der Waals surface area contributed by atoms with Gasteiger partial charge in [-0.15, -0.1) is 0 Å². The highest BCUT2D eigenvalue weighted by Crippen LogP contribution is 2.38. The molecule has 112 valence electrons. The lowest BCUT2D eigenvalue weighted by Crippen LogP contribution is -2.36. The van der Waals surface area contributed by atoms with Crippen LogP contribution >= 0.6 is 15.9 Å². The monoisotopic (exact) mass is 349 g/mol.